The maximum atomic E-state index is 9.71. The first-order valence-electron chi connectivity index (χ1n) is 4.70. The molecule has 3 nitrogen and oxygen atoms in total. The fraction of sp³-hybridized carbons (Fsp3) is 0.455. The maximum absolute atomic E-state index is 9.71. The van der Waals surface area contributed by atoms with Crippen LogP contribution in [0.2, 0.25) is 0 Å². The van der Waals surface area contributed by atoms with Gasteiger partial charge in [0.1, 0.15) is 5.75 Å². The largest absolute Gasteiger partial charge is 0.508 e. The van der Waals surface area contributed by atoms with E-state index in [0.717, 1.165) is 11.1 Å². The van der Waals surface area contributed by atoms with Crippen molar-refractivity contribution in [3.8, 4) is 5.75 Å². The van der Waals surface area contributed by atoms with E-state index in [1.54, 1.807) is 13.2 Å². The normalized spacial score (nSPS) is 12.8. The highest BCUT2D eigenvalue weighted by Crippen LogP contribution is 2.28. The van der Waals surface area contributed by atoms with Crippen molar-refractivity contribution < 1.29 is 9.84 Å². The van der Waals surface area contributed by atoms with Gasteiger partial charge in [-0.3, -0.25) is 0 Å². The van der Waals surface area contributed by atoms with Gasteiger partial charge in [0.25, 0.3) is 0 Å². The number of aromatic hydroxyl groups is 1. The van der Waals surface area contributed by atoms with E-state index in [9.17, 15) is 5.11 Å². The zero-order chi connectivity index (χ0) is 10.6. The van der Waals surface area contributed by atoms with E-state index in [4.69, 9.17) is 10.5 Å². The van der Waals surface area contributed by atoms with Crippen molar-refractivity contribution in [2.75, 3.05) is 13.7 Å². The summed E-state index contributed by atoms with van der Waals surface area (Å²) in [4.78, 5) is 0. The van der Waals surface area contributed by atoms with Crippen molar-refractivity contribution in [1.29, 1.82) is 0 Å². The van der Waals surface area contributed by atoms with E-state index in [2.05, 4.69) is 0 Å². The van der Waals surface area contributed by atoms with Crippen LogP contribution in [0.25, 0.3) is 0 Å². The number of rotatable bonds is 4. The monoisotopic (exact) mass is 195 g/mol. The number of ether oxygens (including phenoxy) is 1. The third-order valence-electron chi connectivity index (χ3n) is 2.32. The van der Waals surface area contributed by atoms with Crippen LogP contribution in [0.4, 0.5) is 0 Å². The fourth-order valence-electron chi connectivity index (χ4n) is 1.57. The van der Waals surface area contributed by atoms with Crippen LogP contribution in [0.3, 0.4) is 0 Å². The topological polar surface area (TPSA) is 55.5 Å². The number of hydrogen-bond donors (Lipinski definition) is 2. The number of benzene rings is 1. The Labute approximate surface area is 84.5 Å². The van der Waals surface area contributed by atoms with Gasteiger partial charge in [-0.25, -0.2) is 0 Å². The Kier molecular flexibility index (Phi) is 3.92. The predicted octanol–water partition coefficient (Wildman–Crippen LogP) is 1.60. The molecule has 0 aliphatic heterocycles. The average Bonchev–Trinajstić information content (AvgIpc) is 2.18. The molecule has 1 atom stereocenters. The minimum absolute atomic E-state index is 0.154. The first-order valence-corrected chi connectivity index (χ1v) is 4.70. The van der Waals surface area contributed by atoms with Crippen LogP contribution in [0.1, 0.15) is 24.0 Å². The van der Waals surface area contributed by atoms with Crippen molar-refractivity contribution in [3.63, 3.8) is 0 Å². The fourth-order valence-corrected chi connectivity index (χ4v) is 1.57. The Bertz CT molecular complexity index is 299. The lowest BCUT2D eigenvalue weighted by atomic mass is 9.95. The zero-order valence-corrected chi connectivity index (χ0v) is 8.66. The Hall–Kier alpha value is -1.06. The number of phenolic OH excluding ortho intramolecular Hbond substituents is 1. The van der Waals surface area contributed by atoms with E-state index in [1.807, 2.05) is 19.1 Å². The Morgan fingerprint density at radius 1 is 1.50 bits per heavy atom. The molecule has 0 amide bonds. The second-order valence-corrected chi connectivity index (χ2v) is 3.42. The smallest absolute Gasteiger partial charge is 0.119 e. The highest BCUT2D eigenvalue weighted by molar-refractivity contribution is 5.41. The van der Waals surface area contributed by atoms with E-state index in [1.165, 1.54) is 0 Å². The van der Waals surface area contributed by atoms with Crippen molar-refractivity contribution in [2.24, 2.45) is 5.73 Å². The molecule has 1 unspecified atom stereocenters. The van der Waals surface area contributed by atoms with Gasteiger partial charge < -0.3 is 15.6 Å². The third kappa shape index (κ3) is 2.25. The lowest BCUT2D eigenvalue weighted by molar-refractivity contribution is 0.183. The highest BCUT2D eigenvalue weighted by Gasteiger charge is 2.13. The Morgan fingerprint density at radius 2 is 2.21 bits per heavy atom. The molecular formula is C11H17NO2. The molecule has 1 aromatic carbocycles. The van der Waals surface area contributed by atoms with Crippen molar-refractivity contribution in [3.05, 3.63) is 29.3 Å². The molecule has 78 valence electrons. The van der Waals surface area contributed by atoms with Gasteiger partial charge in [0.05, 0.1) is 6.61 Å². The van der Waals surface area contributed by atoms with E-state index < -0.39 is 0 Å². The van der Waals surface area contributed by atoms with Gasteiger partial charge in [-0.1, -0.05) is 19.1 Å². The first-order chi connectivity index (χ1) is 6.70. The summed E-state index contributed by atoms with van der Waals surface area (Å²) in [6.07, 6.45) is 0. The van der Waals surface area contributed by atoms with E-state index in [-0.39, 0.29) is 5.92 Å². The third-order valence-corrected chi connectivity index (χ3v) is 2.32. The molecule has 1 aromatic rings. The summed E-state index contributed by atoms with van der Waals surface area (Å²) >= 11 is 0. The molecule has 0 bridgehead atoms. The molecule has 0 aliphatic rings. The Morgan fingerprint density at radius 3 is 2.79 bits per heavy atom. The average molecular weight is 195 g/mol. The number of hydrogen-bond acceptors (Lipinski definition) is 3. The zero-order valence-electron chi connectivity index (χ0n) is 8.66. The summed E-state index contributed by atoms with van der Waals surface area (Å²) < 4.78 is 5.07. The molecule has 0 aliphatic carbocycles. The van der Waals surface area contributed by atoms with Crippen LogP contribution < -0.4 is 5.73 Å². The summed E-state index contributed by atoms with van der Waals surface area (Å²) in [5, 5.41) is 9.71. The molecular weight excluding hydrogens is 178 g/mol. The molecule has 3 N–H and O–H groups in total. The van der Waals surface area contributed by atoms with Crippen LogP contribution in [0.15, 0.2) is 18.2 Å². The highest BCUT2D eigenvalue weighted by atomic mass is 16.5. The van der Waals surface area contributed by atoms with Gasteiger partial charge in [0, 0.05) is 12.7 Å². The van der Waals surface area contributed by atoms with Gasteiger partial charge in [-0.15, -0.1) is 0 Å². The molecule has 1 rings (SSSR count). The summed E-state index contributed by atoms with van der Waals surface area (Å²) in [6.45, 7) is 3.02. The van der Waals surface area contributed by atoms with Crippen molar-refractivity contribution >= 4 is 0 Å². The number of phenols is 1. The van der Waals surface area contributed by atoms with Crippen LogP contribution in [0.5, 0.6) is 5.75 Å². The summed E-state index contributed by atoms with van der Waals surface area (Å²) in [5.74, 6) is 0.457. The lowest BCUT2D eigenvalue weighted by Gasteiger charge is -2.15. The molecule has 0 saturated heterocycles. The predicted molar refractivity (Wildman–Crippen MR) is 56.3 cm³/mol. The van der Waals surface area contributed by atoms with Crippen LogP contribution in [0, 0.1) is 0 Å². The van der Waals surface area contributed by atoms with Gasteiger partial charge in [0.15, 0.2) is 0 Å². The second-order valence-electron chi connectivity index (χ2n) is 3.42. The molecule has 0 spiro atoms. The standard InChI is InChI=1S/C11H17NO2/c1-8(6-12)11-9(7-14-2)4-3-5-10(11)13/h3-5,8,13H,6-7,12H2,1-2H3. The van der Waals surface area contributed by atoms with Gasteiger partial charge >= 0.3 is 0 Å². The molecule has 0 aromatic heterocycles. The van der Waals surface area contributed by atoms with E-state index >= 15 is 0 Å². The molecule has 0 heterocycles. The molecule has 0 radical (unpaired) electrons. The minimum atomic E-state index is 0.154. The van der Waals surface area contributed by atoms with E-state index in [0.29, 0.717) is 18.9 Å². The molecule has 14 heavy (non-hydrogen) atoms. The maximum Gasteiger partial charge on any atom is 0.119 e. The number of nitrogens with two attached hydrogens (primary N) is 1. The van der Waals surface area contributed by atoms with Crippen molar-refractivity contribution in [1.82, 2.24) is 0 Å². The first kappa shape index (κ1) is 11.0. The Balaban J connectivity index is 3.08. The number of methoxy groups -OCH3 is 1. The minimum Gasteiger partial charge on any atom is -0.508 e. The summed E-state index contributed by atoms with van der Waals surface area (Å²) in [7, 11) is 1.64. The molecule has 3 heteroatoms. The van der Waals surface area contributed by atoms with Gasteiger partial charge in [-0.05, 0) is 24.1 Å². The molecule has 0 fully saturated rings. The van der Waals surface area contributed by atoms with Crippen LogP contribution in [-0.4, -0.2) is 18.8 Å². The van der Waals surface area contributed by atoms with Crippen LogP contribution >= 0.6 is 0 Å². The van der Waals surface area contributed by atoms with Crippen LogP contribution in [-0.2, 0) is 11.3 Å². The lowest BCUT2D eigenvalue weighted by Crippen LogP contribution is -2.11. The molecule has 0 saturated carbocycles. The summed E-state index contributed by atoms with van der Waals surface area (Å²) in [5.41, 5.74) is 7.49. The second kappa shape index (κ2) is 4.98. The SMILES string of the molecule is COCc1cccc(O)c1C(C)CN. The summed E-state index contributed by atoms with van der Waals surface area (Å²) in [6, 6.07) is 5.45. The van der Waals surface area contributed by atoms with Gasteiger partial charge in [0.2, 0.25) is 0 Å². The van der Waals surface area contributed by atoms with Crippen molar-refractivity contribution in [2.45, 2.75) is 19.4 Å². The quantitative estimate of drug-likeness (QED) is 0.767. The van der Waals surface area contributed by atoms with Gasteiger partial charge in [-0.2, -0.15) is 0 Å².